The molecule has 0 radical (unpaired) electrons. The van der Waals surface area contributed by atoms with Crippen molar-refractivity contribution in [3.8, 4) is 17.4 Å². The lowest BCUT2D eigenvalue weighted by Crippen LogP contribution is -2.38. The van der Waals surface area contributed by atoms with E-state index in [2.05, 4.69) is 51.8 Å². The van der Waals surface area contributed by atoms with E-state index in [0.29, 0.717) is 48.5 Å². The highest BCUT2D eigenvalue weighted by Gasteiger charge is 2.30. The maximum atomic E-state index is 5.58. The van der Waals surface area contributed by atoms with Gasteiger partial charge in [-0.05, 0) is 91.6 Å². The van der Waals surface area contributed by atoms with Crippen LogP contribution in [0.5, 0.6) is 11.8 Å². The molecule has 8 rings (SSSR count). The number of rotatable bonds is 7. The van der Waals surface area contributed by atoms with Gasteiger partial charge in [0.1, 0.15) is 17.1 Å². The van der Waals surface area contributed by atoms with E-state index in [1.54, 1.807) is 33.1 Å². The predicted molar refractivity (Wildman–Crippen MR) is 204 cm³/mol. The third-order valence-electron chi connectivity index (χ3n) is 9.47. The standard InChI is InChI=1S/C18H23N5O2.C14H18BrN3O2.C4H6N2.CH4/c1-12-9-23(11-19-12)16-8-7-14(21-18(16)24-2)17-20-15(10-25-22-17)13-5-3-4-6-13;1-19-14-10(15)6-7-11(17-14)13-16-12(8-20-18-13)9-4-2-3-5-9;1-4-2-5-3-6-4;/h7-9,11,13,15H,3-6,10H2,1-2H3,(H,20,22);6-7,9,12H,2-5,8H2,1H3,(H,16,18);2-3H,1H3,(H,5,6);1H4. The van der Waals surface area contributed by atoms with Gasteiger partial charge in [-0.3, -0.25) is 19.7 Å². The van der Waals surface area contributed by atoms with Gasteiger partial charge in [-0.1, -0.05) is 33.1 Å². The van der Waals surface area contributed by atoms with Crippen LogP contribution < -0.4 is 20.4 Å². The van der Waals surface area contributed by atoms with Crippen molar-refractivity contribution in [3.63, 3.8) is 0 Å². The molecule has 0 bridgehead atoms. The van der Waals surface area contributed by atoms with Crippen LogP contribution >= 0.6 is 15.9 Å². The molecular weight excluding hydrogens is 728 g/mol. The van der Waals surface area contributed by atoms with Gasteiger partial charge in [-0.2, -0.15) is 0 Å². The van der Waals surface area contributed by atoms with E-state index in [9.17, 15) is 0 Å². The first-order chi connectivity index (χ1) is 24.9. The zero-order chi connectivity index (χ0) is 35.6. The van der Waals surface area contributed by atoms with E-state index in [-0.39, 0.29) is 19.5 Å². The number of halogens is 1. The Bertz CT molecular complexity index is 1770. The number of nitrogens with zero attached hydrogens (tertiary/aromatic N) is 7. The maximum absolute atomic E-state index is 5.58. The molecule has 6 heterocycles. The zero-order valence-electron chi connectivity index (χ0n) is 29.6. The Hall–Kier alpha value is -4.34. The summed E-state index contributed by atoms with van der Waals surface area (Å²) in [4.78, 5) is 40.7. The number of methoxy groups -OCH3 is 2. The van der Waals surface area contributed by atoms with E-state index in [0.717, 1.165) is 32.9 Å². The van der Waals surface area contributed by atoms with Crippen LogP contribution in [0.1, 0.15) is 81.6 Å². The zero-order valence-corrected chi connectivity index (χ0v) is 31.2. The Balaban J connectivity index is 0.000000173. The highest BCUT2D eigenvalue weighted by Crippen LogP contribution is 2.32. The minimum Gasteiger partial charge on any atom is -0.480 e. The number of ether oxygens (including phenoxy) is 2. The molecule has 52 heavy (non-hydrogen) atoms. The van der Waals surface area contributed by atoms with E-state index in [4.69, 9.17) is 29.1 Å². The number of aliphatic imine (C=N–C) groups is 2. The van der Waals surface area contributed by atoms with Crippen LogP contribution in [0.25, 0.3) is 5.69 Å². The lowest BCUT2D eigenvalue weighted by atomic mass is 9.99. The molecule has 3 N–H and O–H groups in total. The Morgan fingerprint density at radius 2 is 1.35 bits per heavy atom. The summed E-state index contributed by atoms with van der Waals surface area (Å²) in [6.45, 7) is 5.18. The number of amidine groups is 2. The summed E-state index contributed by atoms with van der Waals surface area (Å²) in [7, 11) is 3.22. The topological polar surface area (TPSA) is 158 Å². The number of hydroxylamine groups is 2. The number of nitrogens with one attached hydrogen (secondary N) is 3. The highest BCUT2D eigenvalue weighted by molar-refractivity contribution is 9.10. The van der Waals surface area contributed by atoms with Crippen molar-refractivity contribution in [2.24, 2.45) is 21.8 Å². The van der Waals surface area contributed by atoms with Crippen LogP contribution in [0, 0.1) is 25.7 Å². The summed E-state index contributed by atoms with van der Waals surface area (Å²) in [5.74, 6) is 3.71. The van der Waals surface area contributed by atoms with Gasteiger partial charge in [0, 0.05) is 18.1 Å². The van der Waals surface area contributed by atoms with Crippen molar-refractivity contribution in [2.75, 3.05) is 27.4 Å². The Labute approximate surface area is 314 Å². The van der Waals surface area contributed by atoms with Gasteiger partial charge in [-0.15, -0.1) is 0 Å². The average Bonchev–Trinajstić information content (AvgIpc) is 4.02. The first-order valence-electron chi connectivity index (χ1n) is 17.5. The Morgan fingerprint density at radius 1 is 0.788 bits per heavy atom. The van der Waals surface area contributed by atoms with Gasteiger partial charge in [0.25, 0.3) is 0 Å². The van der Waals surface area contributed by atoms with Gasteiger partial charge in [0.15, 0.2) is 11.7 Å². The van der Waals surface area contributed by atoms with Crippen LogP contribution in [0.3, 0.4) is 0 Å². The molecule has 15 heteroatoms. The summed E-state index contributed by atoms with van der Waals surface area (Å²) >= 11 is 3.40. The third-order valence-corrected chi connectivity index (χ3v) is 10.1. The van der Waals surface area contributed by atoms with E-state index in [1.165, 1.54) is 51.4 Å². The monoisotopic (exact) mass is 778 g/mol. The number of imidazole rings is 2. The van der Waals surface area contributed by atoms with Crippen LogP contribution in [0.4, 0.5) is 0 Å². The second-order valence-electron chi connectivity index (χ2n) is 13.1. The molecule has 2 fully saturated rings. The molecule has 2 aliphatic heterocycles. The minimum atomic E-state index is 0. The molecule has 4 aromatic rings. The fraction of sp³-hybridized carbons (Fsp3) is 0.514. The smallest absolute Gasteiger partial charge is 0.238 e. The number of aryl methyl sites for hydroxylation is 2. The minimum absolute atomic E-state index is 0. The molecule has 0 saturated heterocycles. The van der Waals surface area contributed by atoms with Gasteiger partial charge in [0.05, 0.1) is 62.3 Å². The molecule has 2 atom stereocenters. The van der Waals surface area contributed by atoms with E-state index in [1.807, 2.05) is 48.9 Å². The Kier molecular flexibility index (Phi) is 14.2. The predicted octanol–water partition coefficient (Wildman–Crippen LogP) is 6.47. The van der Waals surface area contributed by atoms with E-state index < -0.39 is 0 Å². The molecule has 4 aromatic heterocycles. The highest BCUT2D eigenvalue weighted by atomic mass is 79.9. The molecule has 0 aromatic carbocycles. The number of aromatic amines is 1. The van der Waals surface area contributed by atoms with Crippen LogP contribution in [-0.2, 0) is 9.68 Å². The number of hydrogen-bond acceptors (Lipinski definition) is 12. The van der Waals surface area contributed by atoms with Gasteiger partial charge < -0.3 is 19.0 Å². The molecule has 2 unspecified atom stereocenters. The molecule has 0 spiro atoms. The molecule has 2 saturated carbocycles. The van der Waals surface area contributed by atoms with Crippen molar-refractivity contribution < 1.29 is 19.1 Å². The number of H-pyrrole nitrogens is 1. The summed E-state index contributed by atoms with van der Waals surface area (Å²) in [5, 5.41) is 0. The molecule has 4 aliphatic rings. The first kappa shape index (κ1) is 38.9. The van der Waals surface area contributed by atoms with Gasteiger partial charge >= 0.3 is 0 Å². The Morgan fingerprint density at radius 3 is 1.81 bits per heavy atom. The normalized spacial score (nSPS) is 20.1. The van der Waals surface area contributed by atoms with Gasteiger partial charge in [-0.25, -0.2) is 30.9 Å². The van der Waals surface area contributed by atoms with Gasteiger partial charge in [0.2, 0.25) is 11.8 Å². The van der Waals surface area contributed by atoms with Crippen molar-refractivity contribution >= 4 is 27.6 Å². The summed E-state index contributed by atoms with van der Waals surface area (Å²) in [5.41, 5.74) is 10.2. The van der Waals surface area contributed by atoms with Crippen LogP contribution in [0.2, 0.25) is 0 Å². The number of hydrogen-bond donors (Lipinski definition) is 3. The lowest BCUT2D eigenvalue weighted by molar-refractivity contribution is 0.0498. The largest absolute Gasteiger partial charge is 0.480 e. The average molecular weight is 780 g/mol. The summed E-state index contributed by atoms with van der Waals surface area (Å²) in [6, 6.07) is 8.15. The van der Waals surface area contributed by atoms with Crippen molar-refractivity contribution in [1.82, 2.24) is 40.4 Å². The lowest BCUT2D eigenvalue weighted by Gasteiger charge is -2.25. The van der Waals surface area contributed by atoms with Crippen molar-refractivity contribution in [1.29, 1.82) is 0 Å². The third kappa shape index (κ3) is 9.95. The SMILES string of the molecule is C.COc1nc(C2=NC(C3CCCC3)CON2)ccc1-n1cnc(C)c1.COc1nc(C2=NC(C3CCCC3)CON2)ccc1Br.Cc1cnc[nH]1. The summed E-state index contributed by atoms with van der Waals surface area (Å²) < 4.78 is 13.4. The molecule has 2 aliphatic carbocycles. The molecule has 280 valence electrons. The van der Waals surface area contributed by atoms with Crippen molar-refractivity contribution in [2.45, 2.75) is 84.7 Å². The van der Waals surface area contributed by atoms with Crippen LogP contribution in [-0.4, -0.2) is 80.7 Å². The quantitative estimate of drug-likeness (QED) is 0.190. The fourth-order valence-electron chi connectivity index (χ4n) is 6.74. The molecule has 14 nitrogen and oxygen atoms in total. The van der Waals surface area contributed by atoms with E-state index >= 15 is 0 Å². The molecular formula is C37H51BrN10O4. The first-order valence-corrected chi connectivity index (χ1v) is 18.3. The second-order valence-corrected chi connectivity index (χ2v) is 13.9. The second kappa shape index (κ2) is 18.9. The van der Waals surface area contributed by atoms with Crippen LogP contribution in [0.15, 0.2) is 63.8 Å². The maximum Gasteiger partial charge on any atom is 0.238 e. The molecule has 0 amide bonds. The fourth-order valence-corrected chi connectivity index (χ4v) is 7.13. The van der Waals surface area contributed by atoms with Crippen molar-refractivity contribution in [3.05, 3.63) is 76.6 Å². The number of aromatic nitrogens is 6. The summed E-state index contributed by atoms with van der Waals surface area (Å²) in [6.07, 6.45) is 17.3. The number of pyridine rings is 2.